The van der Waals surface area contributed by atoms with Crippen LogP contribution in [0.3, 0.4) is 0 Å². The minimum absolute atomic E-state index is 0.0542. The van der Waals surface area contributed by atoms with Crippen molar-refractivity contribution in [1.82, 2.24) is 0 Å². The average molecular weight is 1960 g/mol. The lowest BCUT2D eigenvalue weighted by Gasteiger charge is -2.36. The summed E-state index contributed by atoms with van der Waals surface area (Å²) in [5.41, 5.74) is -0.478. The van der Waals surface area contributed by atoms with Crippen molar-refractivity contribution in [2.75, 3.05) is 35.3 Å². The highest BCUT2D eigenvalue weighted by Crippen LogP contribution is 2.39. The summed E-state index contributed by atoms with van der Waals surface area (Å²) in [5, 5.41) is 0.533. The molecule has 0 radical (unpaired) electrons. The molecule has 722 valence electrons. The number of hydrogen-bond donors (Lipinski definition) is 0. The number of alkyl halides is 4. The summed E-state index contributed by atoms with van der Waals surface area (Å²) in [4.78, 5) is 11.2. The third kappa shape index (κ3) is 88.3. The van der Waals surface area contributed by atoms with Crippen LogP contribution in [0.5, 0.6) is 46.0 Å². The predicted molar refractivity (Wildman–Crippen MR) is 591 cm³/mol. The van der Waals surface area contributed by atoms with E-state index in [2.05, 4.69) is 187 Å². The summed E-state index contributed by atoms with van der Waals surface area (Å²) in [7, 11) is 6.36. The molecule has 1 unspecified atom stereocenters. The molecule has 125 heavy (non-hydrogen) atoms. The van der Waals surface area contributed by atoms with Crippen LogP contribution in [0.25, 0.3) is 0 Å². The molecule has 0 aromatic heterocycles. The van der Waals surface area contributed by atoms with E-state index in [9.17, 15) is 22.4 Å². The lowest BCUT2D eigenvalue weighted by atomic mass is 10.1. The number of halogens is 4. The average Bonchev–Trinajstić information content (AvgIpc) is 1.47. The van der Waals surface area contributed by atoms with Crippen molar-refractivity contribution in [3.05, 3.63) is 243 Å². The fourth-order valence-corrected chi connectivity index (χ4v) is 12.0. The van der Waals surface area contributed by atoms with Gasteiger partial charge in [0.15, 0.2) is 6.29 Å². The summed E-state index contributed by atoms with van der Waals surface area (Å²) < 4.78 is 94.0. The van der Waals surface area contributed by atoms with E-state index in [1.807, 2.05) is 232 Å². The Morgan fingerprint density at radius 2 is 0.576 bits per heavy atom. The molecule has 1 saturated carbocycles. The van der Waals surface area contributed by atoms with Gasteiger partial charge in [-0.15, -0.1) is 0 Å². The third-order valence-corrected chi connectivity index (χ3v) is 26.1. The molecular formula is C98H188F4O11Si12. The lowest BCUT2D eigenvalue weighted by Crippen LogP contribution is -2.43. The number of para-hydroxylation sites is 8. The summed E-state index contributed by atoms with van der Waals surface area (Å²) in [6.45, 7) is 71.2. The fraction of sp³-hybridized carbons (Fsp3) is 0.500. The minimum Gasteiger partial charge on any atom is -0.544 e. The topological polar surface area (TPSA) is 109 Å². The Morgan fingerprint density at radius 1 is 0.352 bits per heavy atom. The van der Waals surface area contributed by atoms with Crippen molar-refractivity contribution in [1.29, 1.82) is 0 Å². The second-order valence-electron chi connectivity index (χ2n) is 31.3. The van der Waals surface area contributed by atoms with Crippen LogP contribution in [0.1, 0.15) is 136 Å². The molecule has 8 aromatic rings. The van der Waals surface area contributed by atoms with E-state index >= 15 is 0 Å². The molecule has 0 amide bonds. The number of carbonyl (C=O) groups excluding carboxylic acids is 1. The largest absolute Gasteiger partial charge is 0.544 e. The van der Waals surface area contributed by atoms with Crippen LogP contribution >= 0.6 is 0 Å². The Labute approximate surface area is 795 Å². The van der Waals surface area contributed by atoms with Crippen molar-refractivity contribution in [3.8, 4) is 46.0 Å². The number of ether oxygens (including phenoxy) is 6. The van der Waals surface area contributed by atoms with Gasteiger partial charge in [0.05, 0.1) is 28.7 Å². The molecule has 27 heteroatoms. The Bertz CT molecular complexity index is 3310. The molecular weight excluding hydrogens is 1770 g/mol. The van der Waals surface area contributed by atoms with Gasteiger partial charge in [-0.05, 0) is 342 Å². The van der Waals surface area contributed by atoms with Gasteiger partial charge in [-0.3, -0.25) is 17.6 Å². The molecule has 0 spiro atoms. The van der Waals surface area contributed by atoms with Crippen molar-refractivity contribution < 1.29 is 68.5 Å². The summed E-state index contributed by atoms with van der Waals surface area (Å²) >= 11 is 0. The smallest absolute Gasteiger partial charge is 0.514 e. The van der Waals surface area contributed by atoms with Crippen molar-refractivity contribution in [2.45, 2.75) is 287 Å². The van der Waals surface area contributed by atoms with E-state index in [1.165, 1.54) is 108 Å². The molecule has 0 heterocycles. The SMILES string of the molecule is CC(C)(C)OC(=O)Oc1ccccc1.CC(C)(C)[Si](C)(C)Oc1ccccc1.CC(C)(C)[Si](C)(C)Oc1ccccc1.CC1(Oc2ccccc2)CCCC1.CCC(C)(C)Oc1ccccc1.CCOC(C)Oc1ccccc1.CF.CF.CF.CF.C[SiH3].C[SiH3].C[SiH3].C[SiH3].C[SiH3].C[SiH3].C[SiH3].C[SiH3].C[Si](C)(C)Oc1ccccc1.C[Si](C)(C)Oc1ccccc1. The predicted octanol–water partition coefficient (Wildman–Crippen LogP) is 23.6. The van der Waals surface area contributed by atoms with E-state index < -0.39 is 45.0 Å². The molecule has 0 N–H and O–H groups in total. The van der Waals surface area contributed by atoms with E-state index in [4.69, 9.17) is 46.1 Å². The van der Waals surface area contributed by atoms with Gasteiger partial charge in [0.25, 0.3) is 0 Å². The normalized spacial score (nSPS) is 11.1. The number of benzene rings is 8. The molecule has 8 aromatic carbocycles. The van der Waals surface area contributed by atoms with Crippen LogP contribution in [0.15, 0.2) is 243 Å². The van der Waals surface area contributed by atoms with Gasteiger partial charge in [0.1, 0.15) is 62.8 Å². The third-order valence-electron chi connectivity index (χ3n) is 15.7. The van der Waals surface area contributed by atoms with Crippen LogP contribution < -0.4 is 36.7 Å². The maximum atomic E-state index is 11.2. The van der Waals surface area contributed by atoms with Gasteiger partial charge in [0.2, 0.25) is 33.3 Å². The van der Waals surface area contributed by atoms with Crippen molar-refractivity contribution in [3.63, 3.8) is 0 Å². The zero-order valence-corrected chi connectivity index (χ0v) is 108. The van der Waals surface area contributed by atoms with Crippen LogP contribution in [-0.2, 0) is 9.47 Å². The van der Waals surface area contributed by atoms with E-state index in [0.29, 0.717) is 41.1 Å². The number of carbonyl (C=O) groups is 1. The first-order valence-corrected chi connectivity index (χ1v) is 73.9. The lowest BCUT2D eigenvalue weighted by molar-refractivity contribution is -0.0613. The molecule has 11 nitrogen and oxygen atoms in total. The Kier molecular flexibility index (Phi) is 102. The number of rotatable bonds is 18. The highest BCUT2D eigenvalue weighted by atomic mass is 28.4. The molecule has 9 rings (SSSR count). The second kappa shape index (κ2) is 89.9. The molecule has 0 saturated heterocycles. The molecule has 1 aliphatic carbocycles. The zero-order chi connectivity index (χ0) is 99.9. The maximum absolute atomic E-state index is 11.2. The van der Waals surface area contributed by atoms with Gasteiger partial charge >= 0.3 is 6.16 Å². The quantitative estimate of drug-likeness (QED) is 0.0269. The van der Waals surface area contributed by atoms with Gasteiger partial charge in [-0.1, -0.05) is 246 Å². The minimum atomic E-state index is -1.65. The highest BCUT2D eigenvalue weighted by Gasteiger charge is 2.40. The Balaban J connectivity index is -0.000000127. The summed E-state index contributed by atoms with van der Waals surface area (Å²) in [5.74, 6) is 7.27. The second-order valence-corrected chi connectivity index (χ2v) is 49.6. The molecule has 1 fully saturated rings. The Morgan fingerprint density at radius 3 is 0.800 bits per heavy atom. The first-order chi connectivity index (χ1) is 59.0. The van der Waals surface area contributed by atoms with Crippen molar-refractivity contribution in [2.24, 2.45) is 0 Å². The van der Waals surface area contributed by atoms with E-state index in [0.717, 1.165) is 46.7 Å². The van der Waals surface area contributed by atoms with Gasteiger partial charge in [-0.25, -0.2) is 4.79 Å². The van der Waals surface area contributed by atoms with Crippen molar-refractivity contribution >= 4 is 121 Å². The van der Waals surface area contributed by atoms with Crippen LogP contribution in [0, 0.1) is 0 Å². The first-order valence-electron chi connectivity index (χ1n) is 45.3. The molecule has 0 bridgehead atoms. The van der Waals surface area contributed by atoms with Crippen LogP contribution in [-0.4, -0.2) is 180 Å². The molecule has 1 aliphatic rings. The first kappa shape index (κ1) is 142. The summed E-state index contributed by atoms with van der Waals surface area (Å²) in [6.07, 6.45) is 5.18. The zero-order valence-electron chi connectivity index (χ0n) is 87.9. The highest BCUT2D eigenvalue weighted by molar-refractivity contribution is 6.75. The molecule has 0 aliphatic heterocycles. The fourth-order valence-electron chi connectivity index (χ4n) is 8.25. The van der Waals surface area contributed by atoms with Gasteiger partial charge in [-0.2, -0.15) is 0 Å². The standard InChI is InChI=1S/2C12H20OSi.C12H16O.C11H14O3.C11H16O.C10H14O2.2C9H14OSi.4CH3F.8CH6Si/c2*1-12(2,3)14(4,5)13-11-9-7-6-8-10-11;1-12(9-5-6-10-12)13-11-7-3-2-4-8-11;1-11(2,3)14-10(12)13-9-7-5-4-6-8-9;1-4-11(2,3)12-10-8-6-5-7-9-10;1-3-11-9(2)12-10-7-5-4-6-8-10;2*1-11(2,3)10-9-7-5-4-6-8-9;12*1-2/h2*6-10H,1-5H3;2-4,7-8H,5-6,9-10H2,1H3;4-8H,1-3H3;5-9H,4H2,1-3H3;4-9H,3H2,1-2H3;2*4-8H,1-3H3;4*1H3;8*1-2H3. The van der Waals surface area contributed by atoms with Crippen LogP contribution in [0.4, 0.5) is 22.4 Å². The maximum Gasteiger partial charge on any atom is 0.514 e. The number of hydrogen-bond acceptors (Lipinski definition) is 11. The van der Waals surface area contributed by atoms with Gasteiger partial charge in [0, 0.05) is 6.61 Å². The molecule has 1 atom stereocenters. The van der Waals surface area contributed by atoms with E-state index in [-0.39, 0.29) is 27.6 Å². The monoisotopic (exact) mass is 1950 g/mol. The van der Waals surface area contributed by atoms with E-state index in [1.54, 1.807) is 45.0 Å². The van der Waals surface area contributed by atoms with Crippen LogP contribution in [0.2, 0.25) is 128 Å². The Hall–Kier alpha value is -6.09. The van der Waals surface area contributed by atoms with Gasteiger partial charge < -0.3 is 46.1 Å². The summed E-state index contributed by atoms with van der Waals surface area (Å²) in [6, 6.07) is 78.7.